The van der Waals surface area contributed by atoms with E-state index >= 15 is 0 Å². The molecule has 0 aromatic heterocycles. The van der Waals surface area contributed by atoms with Gasteiger partial charge in [-0.3, -0.25) is 4.79 Å². The van der Waals surface area contributed by atoms with Crippen molar-refractivity contribution in [1.29, 1.82) is 0 Å². The molecule has 2 aromatic carbocycles. The van der Waals surface area contributed by atoms with Gasteiger partial charge in [-0.15, -0.1) is 0 Å². The number of nitrogens with one attached hydrogen (secondary N) is 1. The first kappa shape index (κ1) is 16.5. The maximum absolute atomic E-state index is 12.0. The maximum Gasteiger partial charge on any atom is 0.244 e. The zero-order valence-corrected chi connectivity index (χ0v) is 13.2. The highest BCUT2D eigenvalue weighted by Crippen LogP contribution is 2.13. The molecule has 0 atom stereocenters. The highest BCUT2D eigenvalue weighted by atomic mass is 16.5. The summed E-state index contributed by atoms with van der Waals surface area (Å²) >= 11 is 0. The second-order valence-electron chi connectivity index (χ2n) is 5.02. The van der Waals surface area contributed by atoms with Gasteiger partial charge in [0.05, 0.1) is 19.2 Å². The summed E-state index contributed by atoms with van der Waals surface area (Å²) in [5, 5.41) is 13.5. The lowest BCUT2D eigenvalue weighted by molar-refractivity contribution is -0.120. The van der Waals surface area contributed by atoms with Crippen molar-refractivity contribution in [2.45, 2.75) is 19.8 Å². The van der Waals surface area contributed by atoms with Crippen molar-refractivity contribution < 1.29 is 14.6 Å². The molecule has 1 amide bonds. The van der Waals surface area contributed by atoms with Crippen LogP contribution < -0.4 is 10.2 Å². The number of hydrogen-bond donors (Lipinski definition) is 2. The van der Waals surface area contributed by atoms with E-state index in [0.29, 0.717) is 6.42 Å². The van der Waals surface area contributed by atoms with E-state index < -0.39 is 0 Å². The van der Waals surface area contributed by atoms with Gasteiger partial charge in [-0.2, -0.15) is 5.10 Å². The first-order valence-electron chi connectivity index (χ1n) is 7.40. The van der Waals surface area contributed by atoms with Crippen LogP contribution in [0.3, 0.4) is 0 Å². The minimum atomic E-state index is -0.181. The molecule has 0 unspecified atom stereocenters. The third kappa shape index (κ3) is 4.85. The topological polar surface area (TPSA) is 70.9 Å². The Morgan fingerprint density at radius 3 is 2.35 bits per heavy atom. The van der Waals surface area contributed by atoms with Gasteiger partial charge in [-0.05, 0) is 53.9 Å². The fraction of sp³-hybridized carbons (Fsp3) is 0.222. The monoisotopic (exact) mass is 312 g/mol. The highest BCUT2D eigenvalue weighted by Gasteiger charge is 2.05. The van der Waals surface area contributed by atoms with E-state index in [1.807, 2.05) is 31.2 Å². The second kappa shape index (κ2) is 7.98. The Bertz CT molecular complexity index is 676. The summed E-state index contributed by atoms with van der Waals surface area (Å²) in [5.74, 6) is 0.778. The maximum atomic E-state index is 12.0. The molecular formula is C18H20N2O3. The Labute approximate surface area is 135 Å². The predicted molar refractivity (Wildman–Crippen MR) is 89.8 cm³/mol. The van der Waals surface area contributed by atoms with E-state index in [9.17, 15) is 9.90 Å². The number of amides is 1. The van der Waals surface area contributed by atoms with E-state index in [-0.39, 0.29) is 18.1 Å². The predicted octanol–water partition coefficient (Wildman–Crippen LogP) is 2.87. The summed E-state index contributed by atoms with van der Waals surface area (Å²) in [6, 6.07) is 14.1. The Hall–Kier alpha value is -2.82. The van der Waals surface area contributed by atoms with E-state index in [4.69, 9.17) is 4.74 Å². The molecule has 0 aliphatic heterocycles. The van der Waals surface area contributed by atoms with E-state index in [2.05, 4.69) is 10.5 Å². The normalized spacial score (nSPS) is 11.1. The van der Waals surface area contributed by atoms with Crippen LogP contribution in [0.2, 0.25) is 0 Å². The van der Waals surface area contributed by atoms with Crippen molar-refractivity contribution in [3.8, 4) is 11.5 Å². The lowest BCUT2D eigenvalue weighted by atomic mass is 10.1. The van der Waals surface area contributed by atoms with Crippen LogP contribution in [-0.2, 0) is 11.2 Å². The molecule has 0 aliphatic rings. The minimum absolute atomic E-state index is 0.181. The van der Waals surface area contributed by atoms with Gasteiger partial charge in [-0.25, -0.2) is 5.43 Å². The number of aromatic hydroxyl groups is 1. The Kier molecular flexibility index (Phi) is 5.74. The van der Waals surface area contributed by atoms with Crippen LogP contribution in [0, 0.1) is 0 Å². The Morgan fingerprint density at radius 2 is 1.78 bits per heavy atom. The van der Waals surface area contributed by atoms with Gasteiger partial charge in [0, 0.05) is 0 Å². The van der Waals surface area contributed by atoms with Gasteiger partial charge in [0.1, 0.15) is 11.5 Å². The summed E-state index contributed by atoms with van der Waals surface area (Å²) in [6.45, 7) is 1.96. The number of phenols is 1. The molecule has 5 nitrogen and oxygen atoms in total. The summed E-state index contributed by atoms with van der Waals surface area (Å²) in [6.07, 6.45) is 0.924. The number of rotatable bonds is 6. The highest BCUT2D eigenvalue weighted by molar-refractivity contribution is 6.01. The smallest absolute Gasteiger partial charge is 0.244 e. The van der Waals surface area contributed by atoms with Crippen molar-refractivity contribution in [3.05, 3.63) is 59.7 Å². The minimum Gasteiger partial charge on any atom is -0.508 e. The van der Waals surface area contributed by atoms with E-state index in [1.165, 1.54) is 0 Å². The molecular weight excluding hydrogens is 292 g/mol. The van der Waals surface area contributed by atoms with Crippen molar-refractivity contribution in [1.82, 2.24) is 5.43 Å². The zero-order chi connectivity index (χ0) is 16.7. The van der Waals surface area contributed by atoms with Gasteiger partial charge in [0.15, 0.2) is 0 Å². The fourth-order valence-corrected chi connectivity index (χ4v) is 2.10. The summed E-state index contributed by atoms with van der Waals surface area (Å²) in [5.41, 5.74) is 5.10. The molecule has 2 aromatic rings. The first-order valence-corrected chi connectivity index (χ1v) is 7.40. The molecule has 120 valence electrons. The first-order chi connectivity index (χ1) is 11.1. The van der Waals surface area contributed by atoms with Crippen LogP contribution in [0.15, 0.2) is 53.6 Å². The molecule has 2 N–H and O–H groups in total. The lowest BCUT2D eigenvalue weighted by Crippen LogP contribution is -2.21. The quantitative estimate of drug-likeness (QED) is 0.636. The SMILES string of the molecule is CC/C(=N/NC(=O)Cc1ccc(OC)cc1)c1ccc(O)cc1. The average molecular weight is 312 g/mol. The number of hydrazone groups is 1. The number of phenolic OH excluding ortho intramolecular Hbond substituents is 1. The zero-order valence-electron chi connectivity index (χ0n) is 13.2. The molecule has 0 fully saturated rings. The van der Waals surface area contributed by atoms with Crippen LogP contribution in [0.5, 0.6) is 11.5 Å². The second-order valence-corrected chi connectivity index (χ2v) is 5.02. The van der Waals surface area contributed by atoms with Crippen molar-refractivity contribution in [3.63, 3.8) is 0 Å². The molecule has 0 spiro atoms. The van der Waals surface area contributed by atoms with Crippen LogP contribution in [0.1, 0.15) is 24.5 Å². The standard InChI is InChI=1S/C18H20N2O3/c1-3-17(14-6-8-15(21)9-7-14)19-20-18(22)12-13-4-10-16(23-2)11-5-13/h4-11,21H,3,12H2,1-2H3,(H,20,22)/b19-17-. The number of carbonyl (C=O) groups is 1. The number of benzene rings is 2. The molecule has 0 saturated carbocycles. The number of nitrogens with zero attached hydrogens (tertiary/aromatic N) is 1. The van der Waals surface area contributed by atoms with Crippen LogP contribution in [0.4, 0.5) is 0 Å². The van der Waals surface area contributed by atoms with Crippen molar-refractivity contribution in [2.75, 3.05) is 7.11 Å². The largest absolute Gasteiger partial charge is 0.508 e. The third-order valence-corrected chi connectivity index (χ3v) is 3.37. The van der Waals surface area contributed by atoms with Gasteiger partial charge >= 0.3 is 0 Å². The van der Waals surface area contributed by atoms with E-state index in [0.717, 1.165) is 22.6 Å². The van der Waals surface area contributed by atoms with Crippen LogP contribution in [-0.4, -0.2) is 23.8 Å². The molecule has 0 saturated heterocycles. The fourth-order valence-electron chi connectivity index (χ4n) is 2.10. The van der Waals surface area contributed by atoms with Gasteiger partial charge in [0.25, 0.3) is 0 Å². The number of carbonyl (C=O) groups excluding carboxylic acids is 1. The number of ether oxygens (including phenoxy) is 1. The lowest BCUT2D eigenvalue weighted by Gasteiger charge is -2.06. The molecule has 2 rings (SSSR count). The summed E-state index contributed by atoms with van der Waals surface area (Å²) in [4.78, 5) is 12.0. The van der Waals surface area contributed by atoms with E-state index in [1.54, 1.807) is 31.4 Å². The van der Waals surface area contributed by atoms with Gasteiger partial charge in [0.2, 0.25) is 5.91 Å². The Balaban J connectivity index is 1.98. The molecule has 0 heterocycles. The third-order valence-electron chi connectivity index (χ3n) is 3.37. The summed E-state index contributed by atoms with van der Waals surface area (Å²) < 4.78 is 5.08. The van der Waals surface area contributed by atoms with Crippen molar-refractivity contribution >= 4 is 11.6 Å². The van der Waals surface area contributed by atoms with Crippen LogP contribution >= 0.6 is 0 Å². The molecule has 0 aliphatic carbocycles. The number of hydrogen-bond acceptors (Lipinski definition) is 4. The van der Waals surface area contributed by atoms with Gasteiger partial charge < -0.3 is 9.84 Å². The molecule has 23 heavy (non-hydrogen) atoms. The van der Waals surface area contributed by atoms with Crippen molar-refractivity contribution in [2.24, 2.45) is 5.10 Å². The Morgan fingerprint density at radius 1 is 1.13 bits per heavy atom. The number of methoxy groups -OCH3 is 1. The molecule has 0 radical (unpaired) electrons. The van der Waals surface area contributed by atoms with Gasteiger partial charge in [-0.1, -0.05) is 19.1 Å². The summed E-state index contributed by atoms with van der Waals surface area (Å²) in [7, 11) is 1.60. The molecule has 0 bridgehead atoms. The molecule has 5 heteroatoms. The average Bonchev–Trinajstić information content (AvgIpc) is 2.57. The van der Waals surface area contributed by atoms with Crippen LogP contribution in [0.25, 0.3) is 0 Å².